The third-order valence-electron chi connectivity index (χ3n) is 3.10. The van der Waals surface area contributed by atoms with Crippen LogP contribution in [0.4, 0.5) is 0 Å². The Hall–Kier alpha value is -2.38. The fraction of sp³-hybridized carbons (Fsp3) is 0.133. The summed E-state index contributed by atoms with van der Waals surface area (Å²) in [5.41, 5.74) is 1.08. The lowest BCUT2D eigenvalue weighted by Crippen LogP contribution is -2.25. The second-order valence-corrected chi connectivity index (χ2v) is 6.27. The van der Waals surface area contributed by atoms with Crippen LogP contribution in [0.25, 0.3) is 0 Å². The number of phenols is 1. The molecule has 0 saturated carbocycles. The number of aromatic hydroxyl groups is 1. The predicted molar refractivity (Wildman–Crippen MR) is 82.0 cm³/mol. The first-order valence-corrected chi connectivity index (χ1v) is 8.10. The number of phenolic OH excluding ortho intramolecular Hbond substituents is 1. The van der Waals surface area contributed by atoms with Crippen LogP contribution in [0, 0.1) is 0 Å². The van der Waals surface area contributed by atoms with E-state index in [9.17, 15) is 18.3 Å². The molecule has 0 heterocycles. The van der Waals surface area contributed by atoms with Crippen molar-refractivity contribution in [3.8, 4) is 5.75 Å². The third-order valence-corrected chi connectivity index (χ3v) is 4.03. The van der Waals surface area contributed by atoms with E-state index in [0.717, 1.165) is 5.56 Å². The number of carbonyl (C=O) groups is 1. The van der Waals surface area contributed by atoms with Crippen molar-refractivity contribution in [3.63, 3.8) is 0 Å². The van der Waals surface area contributed by atoms with Crippen LogP contribution >= 0.6 is 0 Å². The van der Waals surface area contributed by atoms with Gasteiger partial charge in [0, 0.05) is 6.54 Å². The summed E-state index contributed by atoms with van der Waals surface area (Å²) in [6, 6.07) is 12.4. The van der Waals surface area contributed by atoms with Crippen molar-refractivity contribution >= 4 is 15.9 Å². The highest BCUT2D eigenvalue weighted by Crippen LogP contribution is 2.15. The van der Waals surface area contributed by atoms with Crippen molar-refractivity contribution < 1.29 is 18.3 Å². The van der Waals surface area contributed by atoms with Gasteiger partial charge in [-0.25, -0.2) is 13.6 Å². The Morgan fingerprint density at radius 2 is 1.73 bits per heavy atom. The van der Waals surface area contributed by atoms with Crippen LogP contribution in [0.15, 0.2) is 53.4 Å². The van der Waals surface area contributed by atoms with Crippen LogP contribution < -0.4 is 10.5 Å². The van der Waals surface area contributed by atoms with Crippen molar-refractivity contribution in [2.45, 2.75) is 11.3 Å². The van der Waals surface area contributed by atoms with Crippen molar-refractivity contribution in [3.05, 3.63) is 59.7 Å². The Morgan fingerprint density at radius 1 is 1.09 bits per heavy atom. The molecule has 0 saturated heterocycles. The summed E-state index contributed by atoms with van der Waals surface area (Å²) in [5, 5.41) is 17.3. The molecule has 0 spiro atoms. The number of para-hydroxylation sites is 1. The Bertz CT molecular complexity index is 770. The number of hydrogen-bond donors (Lipinski definition) is 3. The van der Waals surface area contributed by atoms with Gasteiger partial charge in [-0.15, -0.1) is 0 Å². The minimum absolute atomic E-state index is 0.0505. The Labute approximate surface area is 128 Å². The fourth-order valence-corrected chi connectivity index (χ4v) is 2.44. The minimum atomic E-state index is -3.69. The molecule has 0 aliphatic heterocycles. The lowest BCUT2D eigenvalue weighted by Gasteiger charge is -2.07. The molecular weight excluding hydrogens is 304 g/mol. The molecule has 0 radical (unpaired) electrons. The van der Waals surface area contributed by atoms with Crippen molar-refractivity contribution in [1.29, 1.82) is 0 Å². The third kappa shape index (κ3) is 4.06. The first-order valence-electron chi connectivity index (χ1n) is 6.56. The summed E-state index contributed by atoms with van der Waals surface area (Å²) in [6.07, 6.45) is 0.532. The standard InChI is InChI=1S/C15H16N2O4S/c16-22(20,21)12-7-5-11(6-8-12)9-10-17-15(19)13-3-1-2-4-14(13)18/h1-8,18H,9-10H2,(H,17,19)(H2,16,20,21). The highest BCUT2D eigenvalue weighted by molar-refractivity contribution is 7.89. The SMILES string of the molecule is NS(=O)(=O)c1ccc(CCNC(=O)c2ccccc2O)cc1. The maximum Gasteiger partial charge on any atom is 0.255 e. The van der Waals surface area contributed by atoms with Crippen LogP contribution in [-0.4, -0.2) is 26.0 Å². The average molecular weight is 320 g/mol. The molecule has 0 fully saturated rings. The van der Waals surface area contributed by atoms with Gasteiger partial charge in [0.1, 0.15) is 5.75 Å². The number of sulfonamides is 1. The van der Waals surface area contributed by atoms with Gasteiger partial charge in [0.25, 0.3) is 5.91 Å². The number of nitrogens with two attached hydrogens (primary N) is 1. The molecule has 4 N–H and O–H groups in total. The van der Waals surface area contributed by atoms with Crippen LogP contribution in [0.2, 0.25) is 0 Å². The van der Waals surface area contributed by atoms with E-state index < -0.39 is 10.0 Å². The van der Waals surface area contributed by atoms with Gasteiger partial charge >= 0.3 is 0 Å². The lowest BCUT2D eigenvalue weighted by molar-refractivity contribution is 0.0951. The molecule has 2 aromatic rings. The molecule has 6 nitrogen and oxygen atoms in total. The fourth-order valence-electron chi connectivity index (χ4n) is 1.93. The van der Waals surface area contributed by atoms with Crippen molar-refractivity contribution in [1.82, 2.24) is 5.32 Å². The number of benzene rings is 2. The van der Waals surface area contributed by atoms with Gasteiger partial charge in [0.05, 0.1) is 10.5 Å². The van der Waals surface area contributed by atoms with E-state index >= 15 is 0 Å². The van der Waals surface area contributed by atoms with E-state index in [1.807, 2.05) is 0 Å². The molecule has 1 amide bonds. The van der Waals surface area contributed by atoms with Gasteiger partial charge in [-0.05, 0) is 36.2 Å². The molecule has 7 heteroatoms. The van der Waals surface area contributed by atoms with E-state index in [1.165, 1.54) is 24.3 Å². The van der Waals surface area contributed by atoms with Gasteiger partial charge in [-0.2, -0.15) is 0 Å². The summed E-state index contributed by atoms with van der Waals surface area (Å²) in [6.45, 7) is 0.363. The van der Waals surface area contributed by atoms with E-state index in [4.69, 9.17) is 5.14 Å². The van der Waals surface area contributed by atoms with Gasteiger partial charge in [-0.3, -0.25) is 4.79 Å². The van der Waals surface area contributed by atoms with Gasteiger partial charge in [-0.1, -0.05) is 24.3 Å². The quantitative estimate of drug-likeness (QED) is 0.763. The second kappa shape index (κ2) is 6.59. The molecule has 0 unspecified atom stereocenters. The summed E-state index contributed by atoms with van der Waals surface area (Å²) < 4.78 is 22.3. The van der Waals surface area contributed by atoms with E-state index in [2.05, 4.69) is 5.32 Å². The highest BCUT2D eigenvalue weighted by Gasteiger charge is 2.10. The monoisotopic (exact) mass is 320 g/mol. The Balaban J connectivity index is 1.92. The summed E-state index contributed by atoms with van der Waals surface area (Å²) in [5.74, 6) is -0.434. The lowest BCUT2D eigenvalue weighted by atomic mass is 10.1. The predicted octanol–water partition coefficient (Wildman–Crippen LogP) is 1.01. The molecule has 116 valence electrons. The second-order valence-electron chi connectivity index (χ2n) is 4.71. The number of carbonyl (C=O) groups excluding carboxylic acids is 1. The number of rotatable bonds is 5. The van der Waals surface area contributed by atoms with E-state index in [1.54, 1.807) is 24.3 Å². The van der Waals surface area contributed by atoms with Crippen LogP contribution in [-0.2, 0) is 16.4 Å². The molecule has 0 aliphatic rings. The average Bonchev–Trinajstić information content (AvgIpc) is 2.47. The summed E-state index contributed by atoms with van der Waals surface area (Å²) >= 11 is 0. The van der Waals surface area contributed by atoms with Gasteiger partial charge < -0.3 is 10.4 Å². The maximum atomic E-state index is 11.9. The summed E-state index contributed by atoms with van der Waals surface area (Å²) in [7, 11) is -3.69. The van der Waals surface area contributed by atoms with Crippen molar-refractivity contribution in [2.75, 3.05) is 6.54 Å². The Kier molecular flexibility index (Phi) is 4.79. The molecule has 22 heavy (non-hydrogen) atoms. The molecule has 0 bridgehead atoms. The number of primary sulfonamides is 1. The first-order chi connectivity index (χ1) is 10.4. The Morgan fingerprint density at radius 3 is 2.32 bits per heavy atom. The topological polar surface area (TPSA) is 109 Å². The smallest absolute Gasteiger partial charge is 0.255 e. The molecular formula is C15H16N2O4S. The minimum Gasteiger partial charge on any atom is -0.507 e. The van der Waals surface area contributed by atoms with Crippen LogP contribution in [0.3, 0.4) is 0 Å². The number of amides is 1. The number of nitrogens with one attached hydrogen (secondary N) is 1. The molecule has 0 atom stereocenters. The molecule has 0 aromatic heterocycles. The van der Waals surface area contributed by atoms with Crippen LogP contribution in [0.1, 0.15) is 15.9 Å². The zero-order chi connectivity index (χ0) is 16.2. The summed E-state index contributed by atoms with van der Waals surface area (Å²) in [4.78, 5) is 11.9. The van der Waals surface area contributed by atoms with Gasteiger partial charge in [0.2, 0.25) is 10.0 Å². The molecule has 2 aromatic carbocycles. The van der Waals surface area contributed by atoms with E-state index in [-0.39, 0.29) is 22.1 Å². The number of hydrogen-bond acceptors (Lipinski definition) is 4. The molecule has 2 rings (SSSR count). The maximum absolute atomic E-state index is 11.9. The van der Waals surface area contributed by atoms with Gasteiger partial charge in [0.15, 0.2) is 0 Å². The van der Waals surface area contributed by atoms with Crippen LogP contribution in [0.5, 0.6) is 5.75 Å². The highest BCUT2D eigenvalue weighted by atomic mass is 32.2. The first kappa shape index (κ1) is 16.0. The zero-order valence-electron chi connectivity index (χ0n) is 11.7. The molecule has 0 aliphatic carbocycles. The largest absolute Gasteiger partial charge is 0.507 e. The zero-order valence-corrected chi connectivity index (χ0v) is 12.5. The van der Waals surface area contributed by atoms with Crippen molar-refractivity contribution in [2.24, 2.45) is 5.14 Å². The van der Waals surface area contributed by atoms with E-state index in [0.29, 0.717) is 13.0 Å². The normalized spacial score (nSPS) is 11.1.